The van der Waals surface area contributed by atoms with E-state index in [1.807, 2.05) is 50.4 Å². The molecule has 0 aliphatic rings. The Bertz CT molecular complexity index is 614. The molecule has 0 saturated carbocycles. The first-order valence-corrected chi connectivity index (χ1v) is 7.52. The van der Waals surface area contributed by atoms with Gasteiger partial charge in [0.25, 0.3) is 0 Å². The minimum atomic E-state index is 0.187. The van der Waals surface area contributed by atoms with Crippen molar-refractivity contribution in [3.63, 3.8) is 0 Å². The highest BCUT2D eigenvalue weighted by molar-refractivity contribution is 7.13. The molecule has 0 aromatic carbocycles. The monoisotopic (exact) mass is 286 g/mol. The lowest BCUT2D eigenvalue weighted by Gasteiger charge is -2.03. The third-order valence-corrected chi connectivity index (χ3v) is 3.69. The molecule has 2 aromatic heterocycles. The van der Waals surface area contributed by atoms with Crippen molar-refractivity contribution in [1.82, 2.24) is 9.97 Å². The molecule has 0 bridgehead atoms. The third-order valence-electron chi connectivity index (χ3n) is 2.80. The summed E-state index contributed by atoms with van der Waals surface area (Å²) in [5, 5.41) is 2.83. The molecular formula is C16H18N2OS. The van der Waals surface area contributed by atoms with Crippen LogP contribution in [0.5, 0.6) is 0 Å². The molecular weight excluding hydrogens is 268 g/mol. The van der Waals surface area contributed by atoms with Crippen molar-refractivity contribution in [1.29, 1.82) is 0 Å². The average Bonchev–Trinajstić information content (AvgIpc) is 2.87. The Morgan fingerprint density at radius 2 is 2.20 bits per heavy atom. The predicted octanol–water partition coefficient (Wildman–Crippen LogP) is 4.22. The average molecular weight is 286 g/mol. The number of hydrogen-bond acceptors (Lipinski definition) is 4. The topological polar surface area (TPSA) is 42.9 Å². The SMILES string of the molecule is CC(=Cc1csc(-c2ccccn2)n1)C(=O)CC(C)C. The van der Waals surface area contributed by atoms with Gasteiger partial charge >= 0.3 is 0 Å². The van der Waals surface area contributed by atoms with E-state index >= 15 is 0 Å². The van der Waals surface area contributed by atoms with Crippen LogP contribution < -0.4 is 0 Å². The fraction of sp³-hybridized carbons (Fsp3) is 0.312. The van der Waals surface area contributed by atoms with E-state index in [4.69, 9.17) is 0 Å². The fourth-order valence-corrected chi connectivity index (χ4v) is 2.55. The summed E-state index contributed by atoms with van der Waals surface area (Å²) < 4.78 is 0. The second-order valence-corrected chi connectivity index (χ2v) is 6.00. The number of thiazole rings is 1. The number of pyridine rings is 1. The van der Waals surface area contributed by atoms with Crippen LogP contribution in [0.25, 0.3) is 16.8 Å². The zero-order valence-electron chi connectivity index (χ0n) is 12.0. The van der Waals surface area contributed by atoms with Crippen LogP contribution in [0.15, 0.2) is 35.3 Å². The first-order valence-electron chi connectivity index (χ1n) is 6.64. The normalized spacial score (nSPS) is 11.9. The standard InChI is InChI=1S/C16H18N2OS/c1-11(2)8-15(19)12(3)9-13-10-20-16(18-13)14-6-4-5-7-17-14/h4-7,9-11H,8H2,1-3H3. The summed E-state index contributed by atoms with van der Waals surface area (Å²) in [6.07, 6.45) is 4.19. The van der Waals surface area contributed by atoms with Gasteiger partial charge in [-0.1, -0.05) is 19.9 Å². The van der Waals surface area contributed by atoms with Crippen LogP contribution in [0.1, 0.15) is 32.9 Å². The van der Waals surface area contributed by atoms with Gasteiger partial charge in [-0.25, -0.2) is 4.98 Å². The Kier molecular flexibility index (Phi) is 4.79. The molecule has 0 spiro atoms. The Labute approximate surface area is 123 Å². The fourth-order valence-electron chi connectivity index (χ4n) is 1.79. The van der Waals surface area contributed by atoms with Gasteiger partial charge in [-0.05, 0) is 36.6 Å². The van der Waals surface area contributed by atoms with Gasteiger partial charge in [0.1, 0.15) is 5.01 Å². The summed E-state index contributed by atoms with van der Waals surface area (Å²) in [5.74, 6) is 0.567. The second kappa shape index (κ2) is 6.57. The highest BCUT2D eigenvalue weighted by atomic mass is 32.1. The van der Waals surface area contributed by atoms with Gasteiger partial charge in [-0.15, -0.1) is 11.3 Å². The van der Waals surface area contributed by atoms with Crippen molar-refractivity contribution in [2.24, 2.45) is 5.92 Å². The number of allylic oxidation sites excluding steroid dienone is 1. The number of carbonyl (C=O) groups is 1. The van der Waals surface area contributed by atoms with Gasteiger partial charge in [-0.3, -0.25) is 9.78 Å². The molecule has 4 heteroatoms. The molecule has 0 fully saturated rings. The lowest BCUT2D eigenvalue weighted by Crippen LogP contribution is -2.03. The smallest absolute Gasteiger partial charge is 0.158 e. The molecule has 3 nitrogen and oxygen atoms in total. The molecule has 2 rings (SSSR count). The Balaban J connectivity index is 2.15. The summed E-state index contributed by atoms with van der Waals surface area (Å²) in [7, 11) is 0. The Hall–Kier alpha value is -1.81. The van der Waals surface area contributed by atoms with Gasteiger partial charge in [0, 0.05) is 18.0 Å². The van der Waals surface area contributed by atoms with Crippen molar-refractivity contribution in [2.75, 3.05) is 0 Å². The van der Waals surface area contributed by atoms with E-state index < -0.39 is 0 Å². The van der Waals surface area contributed by atoms with Gasteiger partial charge in [0.15, 0.2) is 5.78 Å². The predicted molar refractivity (Wildman–Crippen MR) is 83.5 cm³/mol. The maximum Gasteiger partial charge on any atom is 0.158 e. The number of rotatable bonds is 5. The molecule has 2 aromatic rings. The van der Waals surface area contributed by atoms with E-state index in [0.29, 0.717) is 12.3 Å². The summed E-state index contributed by atoms with van der Waals surface area (Å²) >= 11 is 1.54. The van der Waals surface area contributed by atoms with Crippen molar-refractivity contribution in [3.05, 3.63) is 41.0 Å². The number of ketones is 1. The molecule has 20 heavy (non-hydrogen) atoms. The second-order valence-electron chi connectivity index (χ2n) is 5.14. The molecule has 0 saturated heterocycles. The van der Waals surface area contributed by atoms with E-state index in [-0.39, 0.29) is 5.78 Å². The van der Waals surface area contributed by atoms with Crippen molar-refractivity contribution in [2.45, 2.75) is 27.2 Å². The molecule has 0 N–H and O–H groups in total. The minimum Gasteiger partial charge on any atom is -0.295 e. The number of hydrogen-bond donors (Lipinski definition) is 0. The number of Topliss-reactive ketones (excluding diaryl/α,β-unsaturated/α-hetero) is 1. The molecule has 0 aliphatic carbocycles. The molecule has 0 aliphatic heterocycles. The molecule has 0 unspecified atom stereocenters. The first kappa shape index (κ1) is 14.6. The van der Waals surface area contributed by atoms with E-state index in [1.165, 1.54) is 0 Å². The number of aromatic nitrogens is 2. The quantitative estimate of drug-likeness (QED) is 0.773. The number of carbonyl (C=O) groups excluding carboxylic acids is 1. The van der Waals surface area contributed by atoms with Crippen LogP contribution >= 0.6 is 11.3 Å². The molecule has 104 valence electrons. The molecule has 0 atom stereocenters. The Morgan fingerprint density at radius 1 is 1.40 bits per heavy atom. The van der Waals surface area contributed by atoms with Crippen molar-refractivity contribution >= 4 is 23.2 Å². The highest BCUT2D eigenvalue weighted by Gasteiger charge is 2.09. The van der Waals surface area contributed by atoms with Gasteiger partial charge in [0.05, 0.1) is 11.4 Å². The summed E-state index contributed by atoms with van der Waals surface area (Å²) in [5.41, 5.74) is 2.45. The van der Waals surface area contributed by atoms with Gasteiger partial charge in [0.2, 0.25) is 0 Å². The summed E-state index contributed by atoms with van der Waals surface area (Å²) in [4.78, 5) is 20.7. The van der Waals surface area contributed by atoms with Crippen LogP contribution in [0.3, 0.4) is 0 Å². The van der Waals surface area contributed by atoms with Crippen LogP contribution in [0, 0.1) is 5.92 Å². The van der Waals surface area contributed by atoms with E-state index in [2.05, 4.69) is 9.97 Å². The largest absolute Gasteiger partial charge is 0.295 e. The highest BCUT2D eigenvalue weighted by Crippen LogP contribution is 2.22. The lowest BCUT2D eigenvalue weighted by molar-refractivity contribution is -0.116. The van der Waals surface area contributed by atoms with Crippen molar-refractivity contribution < 1.29 is 4.79 Å². The van der Waals surface area contributed by atoms with Gasteiger partial charge < -0.3 is 0 Å². The van der Waals surface area contributed by atoms with E-state index in [0.717, 1.165) is 22.0 Å². The molecule has 0 amide bonds. The van der Waals surface area contributed by atoms with Gasteiger partial charge in [-0.2, -0.15) is 0 Å². The van der Waals surface area contributed by atoms with Crippen molar-refractivity contribution in [3.8, 4) is 10.7 Å². The lowest BCUT2D eigenvalue weighted by atomic mass is 10.0. The van der Waals surface area contributed by atoms with Crippen LogP contribution in [0.4, 0.5) is 0 Å². The van der Waals surface area contributed by atoms with Crippen LogP contribution in [0.2, 0.25) is 0 Å². The Morgan fingerprint density at radius 3 is 2.85 bits per heavy atom. The third kappa shape index (κ3) is 3.84. The maximum atomic E-state index is 11.9. The summed E-state index contributed by atoms with van der Waals surface area (Å²) in [6.45, 7) is 5.95. The summed E-state index contributed by atoms with van der Waals surface area (Å²) in [6, 6.07) is 5.76. The van der Waals surface area contributed by atoms with E-state index in [9.17, 15) is 4.79 Å². The zero-order chi connectivity index (χ0) is 14.5. The van der Waals surface area contributed by atoms with E-state index in [1.54, 1.807) is 17.5 Å². The maximum absolute atomic E-state index is 11.9. The van der Waals surface area contributed by atoms with Crippen LogP contribution in [-0.2, 0) is 4.79 Å². The van der Waals surface area contributed by atoms with Crippen LogP contribution in [-0.4, -0.2) is 15.8 Å². The number of nitrogens with zero attached hydrogens (tertiary/aromatic N) is 2. The zero-order valence-corrected chi connectivity index (χ0v) is 12.8. The minimum absolute atomic E-state index is 0.187. The molecule has 2 heterocycles. The first-order chi connectivity index (χ1) is 9.56. The molecule has 0 radical (unpaired) electrons.